The van der Waals surface area contributed by atoms with Crippen molar-refractivity contribution in [2.45, 2.75) is 116 Å². The molecule has 16 rings (SSSR count). The standard InChI is InChI=1S/C22H26FNO3.C21H23FN2O3.C21H26N2O3.C21H24N2O3/c1-14-2-5-18(6-3-14)27-19-8-16-11-24(12-17(16)9-19)13-22(26)15-4-7-21(25)20(23)10-15;1-13-2-4-16(5-3-13)27-17-8-14-10-24(11-15(14)9-17)12-20(26)18-6-7-19(25)21(22)23-18;2*1-14-2-7-19(10-22-14)26-20-8-16-11-23(12-17(16)9-20)13-21(25)15-3-5-18(24)6-4-15/h2-7,10,16-17,19,22,25-26H,8-9,11-13H2,1H3;2-7,14-15,17,25H,8-12H2,1H3;2-7,10,16-17,20-21,24-25H,8-9,11-13H2,1H3;2-7,10,16-17,20,24H,8-9,11-13H2,1H3/t16-,17+,19?,22?;14-,15+,17?;16-,17+,20?,21?;16-,17+,20?. The molecule has 6 unspecified atom stereocenters. The van der Waals surface area contributed by atoms with E-state index in [1.165, 1.54) is 35.4 Å². The third-order valence-corrected chi connectivity index (χ3v) is 22.7. The number of aromatic hydroxyl groups is 4. The van der Waals surface area contributed by atoms with Crippen LogP contribution in [0.2, 0.25) is 0 Å². The number of likely N-dealkylation sites (tertiary alicyclic amines) is 4. The van der Waals surface area contributed by atoms with Crippen LogP contribution in [0.4, 0.5) is 8.78 Å². The van der Waals surface area contributed by atoms with E-state index < -0.39 is 29.7 Å². The first-order valence-corrected chi connectivity index (χ1v) is 37.5. The summed E-state index contributed by atoms with van der Waals surface area (Å²) < 4.78 is 51.3. The molecule has 4 aliphatic heterocycles. The summed E-state index contributed by atoms with van der Waals surface area (Å²) in [7, 11) is 0. The van der Waals surface area contributed by atoms with Gasteiger partial charge in [-0.3, -0.25) is 39.2 Å². The second kappa shape index (κ2) is 34.2. The summed E-state index contributed by atoms with van der Waals surface area (Å²) in [6, 6.07) is 44.2. The Hall–Kier alpha value is -9.09. The van der Waals surface area contributed by atoms with Gasteiger partial charge in [-0.2, -0.15) is 4.39 Å². The Morgan fingerprint density at radius 1 is 0.415 bits per heavy atom. The van der Waals surface area contributed by atoms with E-state index in [-0.39, 0.29) is 65.5 Å². The third kappa shape index (κ3) is 19.9. The number of pyridine rings is 3. The minimum Gasteiger partial charge on any atom is -0.508 e. The largest absolute Gasteiger partial charge is 0.508 e. The average Bonchev–Trinajstić information content (AvgIpc) is 1.68. The topological polar surface area (TPSA) is 244 Å². The zero-order chi connectivity index (χ0) is 74.1. The lowest BCUT2D eigenvalue weighted by atomic mass is 10.0. The van der Waals surface area contributed by atoms with E-state index in [2.05, 4.69) is 72.7 Å². The zero-order valence-corrected chi connectivity index (χ0v) is 60.8. The molecular weight excluding hydrogens is 1350 g/mol. The quantitative estimate of drug-likeness (QED) is 0.0307. The number of fused-ring (bicyclic) bond motifs is 4. The maximum atomic E-state index is 13.5. The molecule has 21 heteroatoms. The molecule has 3 aromatic heterocycles. The van der Waals surface area contributed by atoms with Gasteiger partial charge in [0.25, 0.3) is 5.95 Å². The van der Waals surface area contributed by atoms with Crippen LogP contribution < -0.4 is 18.9 Å². The lowest BCUT2D eigenvalue weighted by molar-refractivity contribution is 0.0924. The second-order valence-corrected chi connectivity index (χ2v) is 30.9. The molecule has 5 aromatic carbocycles. The van der Waals surface area contributed by atoms with Crippen LogP contribution in [0.25, 0.3) is 0 Å². The van der Waals surface area contributed by atoms with E-state index in [4.69, 9.17) is 18.9 Å². The lowest BCUT2D eigenvalue weighted by Crippen LogP contribution is -2.30. The number of carbonyl (C=O) groups is 2. The van der Waals surface area contributed by atoms with Crippen molar-refractivity contribution in [3.8, 4) is 46.0 Å². The van der Waals surface area contributed by atoms with Crippen molar-refractivity contribution in [3.63, 3.8) is 0 Å². The number of benzene rings is 5. The third-order valence-electron chi connectivity index (χ3n) is 22.7. The van der Waals surface area contributed by atoms with Gasteiger partial charge in [0.2, 0.25) is 0 Å². The fourth-order valence-corrected chi connectivity index (χ4v) is 17.3. The molecule has 4 aliphatic carbocycles. The molecule has 14 atom stereocenters. The first kappa shape index (κ1) is 75.2. The number of hydrogen-bond donors (Lipinski definition) is 6. The summed E-state index contributed by atoms with van der Waals surface area (Å²) in [5, 5.41) is 58.0. The smallest absolute Gasteiger partial charge is 0.255 e. The second-order valence-electron chi connectivity index (χ2n) is 30.9. The number of β-amino-alcohol motifs (C(OH)–C–C–N with tert-alkyl or cyclic N) is 2. The van der Waals surface area contributed by atoms with Crippen LogP contribution in [0.1, 0.15) is 118 Å². The summed E-state index contributed by atoms with van der Waals surface area (Å²) in [5.41, 5.74) is 6.52. The minimum atomic E-state index is -1.00. The van der Waals surface area contributed by atoms with Crippen molar-refractivity contribution in [1.82, 2.24) is 34.6 Å². The van der Waals surface area contributed by atoms with Crippen molar-refractivity contribution < 1.29 is 68.0 Å². The van der Waals surface area contributed by atoms with Gasteiger partial charge in [0.05, 0.1) is 62.1 Å². The molecule has 6 N–H and O–H groups in total. The minimum absolute atomic E-state index is 0.0583. The molecule has 0 amide bonds. The highest BCUT2D eigenvalue weighted by Crippen LogP contribution is 2.44. The molecule has 560 valence electrons. The monoisotopic (exact) mass is 1450 g/mol. The summed E-state index contributed by atoms with van der Waals surface area (Å²) >= 11 is 0. The first-order valence-electron chi connectivity index (χ1n) is 37.5. The number of halogens is 2. The van der Waals surface area contributed by atoms with Crippen LogP contribution in [-0.4, -0.2) is 180 Å². The predicted octanol–water partition coefficient (Wildman–Crippen LogP) is 12.9. The van der Waals surface area contributed by atoms with E-state index in [0.717, 1.165) is 144 Å². The molecular formula is C85H99F2N7O12. The maximum Gasteiger partial charge on any atom is 0.255 e. The summed E-state index contributed by atoms with van der Waals surface area (Å²) in [6.07, 6.45) is 11.7. The fraction of sp³-hybridized carbons (Fsp3) is 0.447. The highest BCUT2D eigenvalue weighted by atomic mass is 19.1. The Kier molecular flexibility index (Phi) is 24.3. The van der Waals surface area contributed by atoms with Gasteiger partial charge in [-0.15, -0.1) is 0 Å². The lowest BCUT2D eigenvalue weighted by Gasteiger charge is -2.22. The van der Waals surface area contributed by atoms with Gasteiger partial charge in [-0.05, 0) is 247 Å². The zero-order valence-electron chi connectivity index (χ0n) is 60.8. The number of nitrogens with zero attached hydrogens (tertiary/aromatic N) is 7. The van der Waals surface area contributed by atoms with Crippen LogP contribution in [-0.2, 0) is 0 Å². The molecule has 7 heterocycles. The fourth-order valence-electron chi connectivity index (χ4n) is 17.3. The van der Waals surface area contributed by atoms with Crippen LogP contribution in [0.3, 0.4) is 0 Å². The Labute approximate surface area is 619 Å². The molecule has 0 spiro atoms. The molecule has 4 saturated carbocycles. The van der Waals surface area contributed by atoms with Crippen LogP contribution in [0.15, 0.2) is 164 Å². The highest BCUT2D eigenvalue weighted by Gasteiger charge is 2.46. The summed E-state index contributed by atoms with van der Waals surface area (Å²) in [6.45, 7) is 17.4. The Morgan fingerprint density at radius 3 is 1.15 bits per heavy atom. The van der Waals surface area contributed by atoms with E-state index in [0.29, 0.717) is 78.1 Å². The number of aliphatic hydroxyl groups is 2. The number of Topliss-reactive ketones (excluding diaryl/α,β-unsaturated/α-hetero) is 2. The molecule has 106 heavy (non-hydrogen) atoms. The van der Waals surface area contributed by atoms with E-state index >= 15 is 0 Å². The van der Waals surface area contributed by atoms with Gasteiger partial charge in [0, 0.05) is 82.4 Å². The molecule has 8 fully saturated rings. The number of carbonyl (C=O) groups excluding carboxylic acids is 2. The number of phenolic OH excluding ortho intramolecular Hbond substituents is 3. The number of aryl methyl sites for hydroxylation is 4. The number of rotatable bonds is 20. The van der Waals surface area contributed by atoms with Crippen LogP contribution >= 0.6 is 0 Å². The van der Waals surface area contributed by atoms with Gasteiger partial charge in [0.15, 0.2) is 28.9 Å². The number of aliphatic hydroxyl groups excluding tert-OH is 2. The number of ether oxygens (including phenoxy) is 4. The van der Waals surface area contributed by atoms with Gasteiger partial charge in [-0.25, -0.2) is 9.37 Å². The predicted molar refractivity (Wildman–Crippen MR) is 397 cm³/mol. The van der Waals surface area contributed by atoms with Gasteiger partial charge < -0.3 is 49.6 Å². The van der Waals surface area contributed by atoms with E-state index in [1.54, 1.807) is 60.8 Å². The molecule has 0 bridgehead atoms. The van der Waals surface area contributed by atoms with Gasteiger partial charge in [0.1, 0.15) is 40.2 Å². The molecule has 19 nitrogen and oxygen atoms in total. The molecule has 4 saturated heterocycles. The molecule has 8 aliphatic rings. The highest BCUT2D eigenvalue weighted by molar-refractivity contribution is 5.97. The van der Waals surface area contributed by atoms with Gasteiger partial charge in [-0.1, -0.05) is 53.6 Å². The van der Waals surface area contributed by atoms with E-state index in [9.17, 15) is 49.0 Å². The summed E-state index contributed by atoms with van der Waals surface area (Å²) in [5.74, 6) is 5.96. The van der Waals surface area contributed by atoms with Gasteiger partial charge >= 0.3 is 0 Å². The van der Waals surface area contributed by atoms with Crippen molar-refractivity contribution in [3.05, 3.63) is 221 Å². The number of ketones is 2. The molecule has 8 aromatic rings. The SMILES string of the molecule is Cc1ccc(OC2C[C@@H]3CN(CC(=O)c4ccc(O)c(F)n4)C[C@@H]3C2)cc1.Cc1ccc(OC2C[C@@H]3CN(CC(=O)c4ccc(O)cc4)C[C@@H]3C2)cn1.Cc1ccc(OC2C[C@@H]3CN(CC(O)c4ccc(O)c(F)c4)C[C@@H]3C2)cc1.Cc1ccc(OC2C[C@@H]3CN(CC(O)c4ccc(O)cc4)C[C@@H]3C2)cn1. The van der Waals surface area contributed by atoms with Crippen molar-refractivity contribution in [1.29, 1.82) is 0 Å². The van der Waals surface area contributed by atoms with Crippen molar-refractivity contribution in [2.24, 2.45) is 47.3 Å². The maximum absolute atomic E-state index is 13.5. The normalized spacial score (nSPS) is 25.7. The number of phenols is 3. The summed E-state index contributed by atoms with van der Waals surface area (Å²) in [4.78, 5) is 45.9. The average molecular weight is 1450 g/mol. The Bertz CT molecular complexity index is 4170. The first-order chi connectivity index (χ1) is 51.1. The Morgan fingerprint density at radius 2 is 0.764 bits per heavy atom. The molecule has 0 radical (unpaired) electrons. The van der Waals surface area contributed by atoms with Crippen LogP contribution in [0.5, 0.6) is 46.0 Å². The number of hydrogen-bond acceptors (Lipinski definition) is 19. The Balaban J connectivity index is 0.000000125. The van der Waals surface area contributed by atoms with E-state index in [1.807, 2.05) is 68.6 Å². The van der Waals surface area contributed by atoms with Crippen molar-refractivity contribution >= 4 is 11.6 Å². The number of aromatic nitrogens is 3. The van der Waals surface area contributed by atoms with Crippen molar-refractivity contribution in [2.75, 3.05) is 78.5 Å². The van der Waals surface area contributed by atoms with Crippen LogP contribution in [0, 0.1) is 86.8 Å².